The molecule has 0 aliphatic carbocycles. The van der Waals surface area contributed by atoms with Crippen molar-refractivity contribution < 1.29 is 4.42 Å². The first-order chi connectivity index (χ1) is 34.2. The van der Waals surface area contributed by atoms with Gasteiger partial charge in [0.15, 0.2) is 17.5 Å². The molecular weight excluding hydrogens is 843 g/mol. The lowest BCUT2D eigenvalue weighted by atomic mass is 9.93. The van der Waals surface area contributed by atoms with Gasteiger partial charge >= 0.3 is 0 Å². The first kappa shape index (κ1) is 37.8. The topological polar surface area (TPSA) is 61.7 Å². The number of nitrogens with zero attached hydrogens (tertiary/aromatic N) is 5. The molecule has 0 radical (unpaired) electrons. The lowest BCUT2D eigenvalue weighted by molar-refractivity contribution is 0.669. The Morgan fingerprint density at radius 1 is 0.246 bits per heavy atom. The molecule has 6 nitrogen and oxygen atoms in total. The third-order valence-electron chi connectivity index (χ3n) is 14.1. The van der Waals surface area contributed by atoms with E-state index in [9.17, 15) is 0 Å². The number of hydrogen-bond donors (Lipinski definition) is 0. The van der Waals surface area contributed by atoms with Crippen molar-refractivity contribution >= 4 is 97.9 Å². The molecule has 0 bridgehead atoms. The largest absolute Gasteiger partial charge is 0.456 e. The zero-order valence-corrected chi connectivity index (χ0v) is 37.0. The molecule has 69 heavy (non-hydrogen) atoms. The highest BCUT2D eigenvalue weighted by Gasteiger charge is 2.20. The second-order valence-corrected chi connectivity index (χ2v) is 17.9. The summed E-state index contributed by atoms with van der Waals surface area (Å²) in [5.41, 5.74) is 11.5. The van der Waals surface area contributed by atoms with Crippen LogP contribution in [0.1, 0.15) is 0 Å². The first-order valence-corrected chi connectivity index (χ1v) is 23.3. The van der Waals surface area contributed by atoms with Crippen LogP contribution in [0.25, 0.3) is 143 Å². The molecule has 0 fully saturated rings. The molecule has 11 aromatic carbocycles. The van der Waals surface area contributed by atoms with Gasteiger partial charge in [0, 0.05) is 60.4 Å². The van der Waals surface area contributed by atoms with Crippen molar-refractivity contribution in [2.75, 3.05) is 0 Å². The van der Waals surface area contributed by atoms with Crippen molar-refractivity contribution in [3.63, 3.8) is 0 Å². The van der Waals surface area contributed by atoms with Crippen LogP contribution in [-0.2, 0) is 0 Å². The van der Waals surface area contributed by atoms with Crippen LogP contribution in [0, 0.1) is 0 Å². The third-order valence-corrected chi connectivity index (χ3v) is 14.1. The highest BCUT2D eigenvalue weighted by atomic mass is 16.3. The Kier molecular flexibility index (Phi) is 7.97. The summed E-state index contributed by atoms with van der Waals surface area (Å²) in [5, 5.41) is 14.1. The average Bonchev–Trinajstić information content (AvgIpc) is 4.07. The van der Waals surface area contributed by atoms with Crippen molar-refractivity contribution in [3.05, 3.63) is 224 Å². The summed E-state index contributed by atoms with van der Waals surface area (Å²) in [5.74, 6) is 1.93. The van der Waals surface area contributed by atoms with Gasteiger partial charge in [-0.2, -0.15) is 0 Å². The van der Waals surface area contributed by atoms with Crippen LogP contribution >= 0.6 is 0 Å². The maximum absolute atomic E-state index is 6.38. The van der Waals surface area contributed by atoms with Crippen LogP contribution < -0.4 is 0 Å². The van der Waals surface area contributed by atoms with Crippen LogP contribution in [-0.4, -0.2) is 24.1 Å². The van der Waals surface area contributed by atoms with Gasteiger partial charge in [-0.25, -0.2) is 15.0 Å². The van der Waals surface area contributed by atoms with Crippen LogP contribution in [0.5, 0.6) is 0 Å². The average molecular weight is 880 g/mol. The van der Waals surface area contributed by atoms with Crippen LogP contribution in [0.3, 0.4) is 0 Å². The molecule has 0 aliphatic heterocycles. The van der Waals surface area contributed by atoms with Crippen molar-refractivity contribution in [1.29, 1.82) is 0 Å². The van der Waals surface area contributed by atoms with E-state index >= 15 is 0 Å². The van der Waals surface area contributed by atoms with Crippen molar-refractivity contribution in [2.24, 2.45) is 0 Å². The maximum Gasteiger partial charge on any atom is 0.164 e. The first-order valence-electron chi connectivity index (χ1n) is 23.3. The van der Waals surface area contributed by atoms with Crippen LogP contribution in [0.4, 0.5) is 0 Å². The highest BCUT2D eigenvalue weighted by Crippen LogP contribution is 2.42. The molecule has 4 aromatic heterocycles. The van der Waals surface area contributed by atoms with E-state index in [1.807, 2.05) is 72.8 Å². The Morgan fingerprint density at radius 3 is 1.35 bits per heavy atom. The van der Waals surface area contributed by atoms with E-state index < -0.39 is 0 Å². The molecule has 15 aromatic rings. The van der Waals surface area contributed by atoms with Crippen molar-refractivity contribution in [2.45, 2.75) is 0 Å². The standard InChI is InChI=1S/C63H37N5O/c1-3-15-38(16-4-1)61-64-62(39-17-5-2-6-18-39)66-63(65-61)40-27-30-45-46-31-28-41(34-51(46)44-20-8-7-19-43(44)50(45)33-40)67-55-24-12-9-21-47(55)52-35-42(29-32-57(52)67)68-56-25-13-10-22-48(56)53-37-60-54(36-58(53)68)49-23-11-14-26-59(49)69-60/h1-37H. The normalized spacial score (nSPS) is 12.1. The molecule has 0 aliphatic rings. The van der Waals surface area contributed by atoms with Gasteiger partial charge in [-0.05, 0) is 99.0 Å². The van der Waals surface area contributed by atoms with Gasteiger partial charge in [0.1, 0.15) is 11.2 Å². The molecule has 320 valence electrons. The maximum atomic E-state index is 6.38. The lowest BCUT2D eigenvalue weighted by Crippen LogP contribution is -2.00. The van der Waals surface area contributed by atoms with Gasteiger partial charge < -0.3 is 13.6 Å². The van der Waals surface area contributed by atoms with E-state index in [4.69, 9.17) is 19.4 Å². The molecule has 0 saturated carbocycles. The Hall–Kier alpha value is -9.39. The summed E-state index contributed by atoms with van der Waals surface area (Å²) >= 11 is 0. The molecule has 0 atom stereocenters. The Labute approximate surface area is 394 Å². The minimum absolute atomic E-state index is 0.640. The quantitative estimate of drug-likeness (QED) is 0.162. The molecule has 0 unspecified atom stereocenters. The lowest BCUT2D eigenvalue weighted by Gasteiger charge is -2.15. The van der Waals surface area contributed by atoms with Gasteiger partial charge in [0.05, 0.1) is 22.1 Å². The zero-order chi connectivity index (χ0) is 45.2. The van der Waals surface area contributed by atoms with E-state index in [0.29, 0.717) is 17.5 Å². The molecular formula is C63H37N5O. The minimum atomic E-state index is 0.640. The van der Waals surface area contributed by atoms with E-state index in [1.165, 1.54) is 48.5 Å². The van der Waals surface area contributed by atoms with Crippen LogP contribution in [0.2, 0.25) is 0 Å². The predicted octanol–water partition coefficient (Wildman–Crippen LogP) is 16.4. The summed E-state index contributed by atoms with van der Waals surface area (Å²) < 4.78 is 11.2. The highest BCUT2D eigenvalue weighted by molar-refractivity contribution is 6.26. The number of benzene rings is 11. The number of furan rings is 1. The van der Waals surface area contributed by atoms with Gasteiger partial charge in [-0.3, -0.25) is 0 Å². The van der Waals surface area contributed by atoms with Crippen molar-refractivity contribution in [3.8, 4) is 45.5 Å². The summed E-state index contributed by atoms with van der Waals surface area (Å²) in [7, 11) is 0. The predicted molar refractivity (Wildman–Crippen MR) is 285 cm³/mol. The molecule has 0 amide bonds. The fraction of sp³-hybridized carbons (Fsp3) is 0. The van der Waals surface area contributed by atoms with Gasteiger partial charge in [-0.1, -0.05) is 158 Å². The second kappa shape index (κ2) is 14.6. The number of para-hydroxylation sites is 3. The number of rotatable bonds is 5. The molecule has 0 N–H and O–H groups in total. The van der Waals surface area contributed by atoms with E-state index in [0.717, 1.165) is 77.5 Å². The van der Waals surface area contributed by atoms with E-state index in [-0.39, 0.29) is 0 Å². The summed E-state index contributed by atoms with van der Waals surface area (Å²) in [6.07, 6.45) is 0. The SMILES string of the molecule is c1ccc(-c2nc(-c3ccccc3)nc(-c3ccc4c5ccc(-n6c7ccccc7c7cc(-n8c9ccccc9c9cc%10oc%11ccccc%11c%10cc98)ccc76)cc5c5ccccc5c4c3)n2)cc1. The van der Waals surface area contributed by atoms with E-state index in [2.05, 4.69) is 161 Å². The molecule has 0 saturated heterocycles. The number of fused-ring (bicyclic) bond motifs is 15. The van der Waals surface area contributed by atoms with Crippen molar-refractivity contribution in [1.82, 2.24) is 24.1 Å². The smallest absolute Gasteiger partial charge is 0.164 e. The van der Waals surface area contributed by atoms with E-state index in [1.54, 1.807) is 0 Å². The summed E-state index contributed by atoms with van der Waals surface area (Å²) in [6.45, 7) is 0. The number of hydrogen-bond acceptors (Lipinski definition) is 4. The monoisotopic (exact) mass is 879 g/mol. The van der Waals surface area contributed by atoms with Crippen LogP contribution in [0.15, 0.2) is 229 Å². The fourth-order valence-electron chi connectivity index (χ4n) is 11.0. The van der Waals surface area contributed by atoms with Gasteiger partial charge in [0.2, 0.25) is 0 Å². The molecule has 4 heterocycles. The summed E-state index contributed by atoms with van der Waals surface area (Å²) in [4.78, 5) is 15.1. The molecule has 15 rings (SSSR count). The Morgan fingerprint density at radius 2 is 0.696 bits per heavy atom. The second-order valence-electron chi connectivity index (χ2n) is 17.9. The summed E-state index contributed by atoms with van der Waals surface area (Å²) in [6, 6.07) is 80.0. The third kappa shape index (κ3) is 5.69. The van der Waals surface area contributed by atoms with Gasteiger partial charge in [0.25, 0.3) is 0 Å². The Balaban J connectivity index is 0.902. The zero-order valence-electron chi connectivity index (χ0n) is 37.0. The minimum Gasteiger partial charge on any atom is -0.456 e. The molecule has 6 heteroatoms. The molecule has 0 spiro atoms. The fourth-order valence-corrected chi connectivity index (χ4v) is 11.0. The van der Waals surface area contributed by atoms with Gasteiger partial charge in [-0.15, -0.1) is 0 Å². The number of aromatic nitrogens is 5. The Bertz CT molecular complexity index is 4520.